The lowest BCUT2D eigenvalue weighted by Crippen LogP contribution is -2.42. The maximum absolute atomic E-state index is 12.3. The fourth-order valence-electron chi connectivity index (χ4n) is 2.74. The van der Waals surface area contributed by atoms with Crippen LogP contribution in [0.2, 0.25) is 0 Å². The molecule has 1 aliphatic carbocycles. The molecule has 2 aliphatic rings. The van der Waals surface area contributed by atoms with Gasteiger partial charge < -0.3 is 4.90 Å². The molecule has 0 aromatic rings. The monoisotopic (exact) mass is 238 g/mol. The number of hydrogen-bond donors (Lipinski definition) is 1. The van der Waals surface area contributed by atoms with Crippen LogP contribution in [0, 0.1) is 11.8 Å². The van der Waals surface area contributed by atoms with Gasteiger partial charge in [-0.2, -0.15) is 0 Å². The molecule has 17 heavy (non-hydrogen) atoms. The molecule has 2 fully saturated rings. The van der Waals surface area contributed by atoms with E-state index < -0.39 is 0 Å². The second-order valence-corrected chi connectivity index (χ2v) is 6.45. The third-order valence-corrected chi connectivity index (χ3v) is 3.99. The van der Waals surface area contributed by atoms with Crippen molar-refractivity contribution in [3.05, 3.63) is 0 Å². The lowest BCUT2D eigenvalue weighted by molar-refractivity contribution is -0.131. The second-order valence-electron chi connectivity index (χ2n) is 6.45. The van der Waals surface area contributed by atoms with Crippen LogP contribution in [0.4, 0.5) is 0 Å². The third-order valence-electron chi connectivity index (χ3n) is 3.99. The summed E-state index contributed by atoms with van der Waals surface area (Å²) in [4.78, 5) is 14.4. The van der Waals surface area contributed by atoms with Crippen molar-refractivity contribution in [2.24, 2.45) is 11.8 Å². The molecular formula is C14H26N2O. The number of rotatable bonds is 5. The Balaban J connectivity index is 1.95. The van der Waals surface area contributed by atoms with Crippen LogP contribution in [0.25, 0.3) is 0 Å². The molecule has 1 saturated carbocycles. The van der Waals surface area contributed by atoms with E-state index in [2.05, 4.69) is 37.9 Å². The van der Waals surface area contributed by atoms with E-state index >= 15 is 0 Å². The van der Waals surface area contributed by atoms with E-state index in [1.54, 1.807) is 0 Å². The molecule has 1 unspecified atom stereocenters. The van der Waals surface area contributed by atoms with Crippen molar-refractivity contribution >= 4 is 5.91 Å². The van der Waals surface area contributed by atoms with Crippen molar-refractivity contribution in [3.8, 4) is 0 Å². The predicted octanol–water partition coefficient (Wildman–Crippen LogP) is 2.37. The second kappa shape index (κ2) is 4.60. The van der Waals surface area contributed by atoms with Gasteiger partial charge in [-0.15, -0.1) is 0 Å². The lowest BCUT2D eigenvalue weighted by atomic mass is 10.1. The average molecular weight is 238 g/mol. The summed E-state index contributed by atoms with van der Waals surface area (Å²) in [6.07, 6.45) is 4.68. The molecule has 1 heterocycles. The molecule has 0 radical (unpaired) electrons. The Morgan fingerprint density at radius 3 is 2.47 bits per heavy atom. The zero-order valence-corrected chi connectivity index (χ0v) is 11.6. The van der Waals surface area contributed by atoms with E-state index in [-0.39, 0.29) is 11.7 Å². The molecule has 3 nitrogen and oxygen atoms in total. The number of carbonyl (C=O) groups excluding carboxylic acids is 1. The summed E-state index contributed by atoms with van der Waals surface area (Å²) in [5.74, 6) is 1.59. The van der Waals surface area contributed by atoms with Crippen LogP contribution < -0.4 is 5.32 Å². The highest BCUT2D eigenvalue weighted by Gasteiger charge is 2.59. The fourth-order valence-corrected chi connectivity index (χ4v) is 2.74. The number of carbonyl (C=O) groups is 1. The molecule has 2 rings (SSSR count). The van der Waals surface area contributed by atoms with Gasteiger partial charge in [0, 0.05) is 6.54 Å². The molecule has 1 aliphatic heterocycles. The minimum atomic E-state index is -0.146. The molecule has 0 aromatic heterocycles. The van der Waals surface area contributed by atoms with Crippen LogP contribution in [0.5, 0.6) is 0 Å². The van der Waals surface area contributed by atoms with Crippen LogP contribution in [0.15, 0.2) is 0 Å². The van der Waals surface area contributed by atoms with Crippen molar-refractivity contribution in [1.82, 2.24) is 10.2 Å². The molecule has 1 N–H and O–H groups in total. The highest BCUT2D eigenvalue weighted by molar-refractivity contribution is 5.91. The van der Waals surface area contributed by atoms with Gasteiger partial charge in [0.25, 0.3) is 0 Å². The van der Waals surface area contributed by atoms with Crippen LogP contribution in [-0.4, -0.2) is 29.1 Å². The Morgan fingerprint density at radius 1 is 1.35 bits per heavy atom. The van der Waals surface area contributed by atoms with Crippen LogP contribution in [-0.2, 0) is 4.79 Å². The molecule has 98 valence electrons. The largest absolute Gasteiger partial charge is 0.325 e. The first-order valence-electron chi connectivity index (χ1n) is 7.05. The average Bonchev–Trinajstić information content (AvgIpc) is 2.95. The van der Waals surface area contributed by atoms with Gasteiger partial charge in [-0.25, -0.2) is 0 Å². The third kappa shape index (κ3) is 2.49. The Labute approximate surface area is 105 Å². The van der Waals surface area contributed by atoms with Crippen molar-refractivity contribution in [2.45, 2.75) is 65.1 Å². The SMILES string of the molecule is CC(C)CCCN1C(=O)C2(CC2)NC1C(C)C. The van der Waals surface area contributed by atoms with Gasteiger partial charge in [0.15, 0.2) is 0 Å². The number of amides is 1. The molecule has 1 atom stereocenters. The summed E-state index contributed by atoms with van der Waals surface area (Å²) in [6, 6.07) is 0. The number of nitrogens with zero attached hydrogens (tertiary/aromatic N) is 1. The molecule has 1 amide bonds. The van der Waals surface area contributed by atoms with Crippen LogP contribution in [0.1, 0.15) is 53.4 Å². The van der Waals surface area contributed by atoms with E-state index in [0.717, 1.165) is 31.7 Å². The summed E-state index contributed by atoms with van der Waals surface area (Å²) in [5, 5.41) is 3.56. The van der Waals surface area contributed by atoms with Crippen LogP contribution >= 0.6 is 0 Å². The molecule has 1 saturated heterocycles. The van der Waals surface area contributed by atoms with E-state index in [9.17, 15) is 4.79 Å². The minimum absolute atomic E-state index is 0.146. The van der Waals surface area contributed by atoms with Gasteiger partial charge in [-0.1, -0.05) is 27.7 Å². The Kier molecular flexibility index (Phi) is 3.48. The van der Waals surface area contributed by atoms with Crippen molar-refractivity contribution in [1.29, 1.82) is 0 Å². The van der Waals surface area contributed by atoms with E-state index in [4.69, 9.17) is 0 Å². The molecular weight excluding hydrogens is 212 g/mol. The minimum Gasteiger partial charge on any atom is -0.325 e. The quantitative estimate of drug-likeness (QED) is 0.797. The Morgan fingerprint density at radius 2 is 2.00 bits per heavy atom. The molecule has 1 spiro atoms. The highest BCUT2D eigenvalue weighted by atomic mass is 16.2. The van der Waals surface area contributed by atoms with Gasteiger partial charge in [-0.3, -0.25) is 10.1 Å². The van der Waals surface area contributed by atoms with Gasteiger partial charge in [-0.05, 0) is 37.5 Å². The number of nitrogens with one attached hydrogen (secondary N) is 1. The Bertz CT molecular complexity index is 295. The molecule has 0 bridgehead atoms. The summed E-state index contributed by atoms with van der Waals surface area (Å²) < 4.78 is 0. The van der Waals surface area contributed by atoms with Gasteiger partial charge in [0.2, 0.25) is 5.91 Å². The standard InChI is InChI=1S/C14H26N2O/c1-10(2)6-5-9-16-12(11(3)4)15-14(7-8-14)13(16)17/h10-12,15H,5-9H2,1-4H3. The topological polar surface area (TPSA) is 32.3 Å². The highest BCUT2D eigenvalue weighted by Crippen LogP contribution is 2.43. The fraction of sp³-hybridized carbons (Fsp3) is 0.929. The predicted molar refractivity (Wildman–Crippen MR) is 69.5 cm³/mol. The first-order chi connectivity index (χ1) is 7.96. The zero-order valence-electron chi connectivity index (χ0n) is 11.6. The van der Waals surface area contributed by atoms with Crippen molar-refractivity contribution < 1.29 is 4.79 Å². The normalized spacial score (nSPS) is 26.6. The summed E-state index contributed by atoms with van der Waals surface area (Å²) in [7, 11) is 0. The van der Waals surface area contributed by atoms with Gasteiger partial charge >= 0.3 is 0 Å². The molecule has 0 aromatic carbocycles. The summed E-state index contributed by atoms with van der Waals surface area (Å²) in [5.41, 5.74) is -0.146. The molecule has 3 heteroatoms. The maximum atomic E-state index is 12.3. The first-order valence-corrected chi connectivity index (χ1v) is 7.05. The van der Waals surface area contributed by atoms with E-state index in [1.165, 1.54) is 6.42 Å². The summed E-state index contributed by atoms with van der Waals surface area (Å²) >= 11 is 0. The maximum Gasteiger partial charge on any atom is 0.244 e. The van der Waals surface area contributed by atoms with E-state index in [1.807, 2.05) is 0 Å². The van der Waals surface area contributed by atoms with Gasteiger partial charge in [0.1, 0.15) is 0 Å². The Hall–Kier alpha value is -0.570. The number of hydrogen-bond acceptors (Lipinski definition) is 2. The summed E-state index contributed by atoms with van der Waals surface area (Å²) in [6.45, 7) is 9.80. The van der Waals surface area contributed by atoms with Crippen molar-refractivity contribution in [2.75, 3.05) is 6.54 Å². The van der Waals surface area contributed by atoms with E-state index in [0.29, 0.717) is 11.8 Å². The van der Waals surface area contributed by atoms with Gasteiger partial charge in [0.05, 0.1) is 11.7 Å². The lowest BCUT2D eigenvalue weighted by Gasteiger charge is -2.27. The first kappa shape index (κ1) is 12.9. The zero-order chi connectivity index (χ0) is 12.6. The van der Waals surface area contributed by atoms with Crippen LogP contribution in [0.3, 0.4) is 0 Å². The van der Waals surface area contributed by atoms with Crippen molar-refractivity contribution in [3.63, 3.8) is 0 Å². The smallest absolute Gasteiger partial charge is 0.244 e.